The van der Waals surface area contributed by atoms with Gasteiger partial charge in [0.05, 0.1) is 48.2 Å². The molecule has 2 aromatic heterocycles. The number of rotatable bonds is 6. The minimum atomic E-state index is -4.51. The third-order valence-corrected chi connectivity index (χ3v) is 6.37. The molecular formula is C25H25F3N6O4. The number of ether oxygens (including phenoxy) is 1. The van der Waals surface area contributed by atoms with Crippen LogP contribution in [-0.2, 0) is 6.18 Å². The number of aliphatic hydroxyl groups is 2. The zero-order valence-corrected chi connectivity index (χ0v) is 20.1. The standard InChI is InChI=1S/C25H25F3N6O4/c26-25(27,28)16-4-1-3-15(7-16)22-30-11-21-23(32-22)34(18-5-2-6-33(21)12-18)24(37)31-17-8-20(10-29-9-17)38-14-19(36)13-35/h1,3-4,7-11,18-19,35-36H,2,5-6,12-14H2,(H,31,37)/t18-,19?/m0/s1. The van der Waals surface area contributed by atoms with Crippen LogP contribution in [0.25, 0.3) is 11.4 Å². The highest BCUT2D eigenvalue weighted by molar-refractivity contribution is 6.04. The Kier molecular flexibility index (Phi) is 7.04. The monoisotopic (exact) mass is 530 g/mol. The fourth-order valence-corrected chi connectivity index (χ4v) is 4.55. The molecule has 0 saturated carbocycles. The van der Waals surface area contributed by atoms with Gasteiger partial charge in [0.2, 0.25) is 0 Å². The van der Waals surface area contributed by atoms with Gasteiger partial charge in [-0.25, -0.2) is 14.8 Å². The maximum absolute atomic E-state index is 13.5. The third kappa shape index (κ3) is 5.34. The number of pyridine rings is 1. The molecular weight excluding hydrogens is 505 g/mol. The number of hydrogen-bond acceptors (Lipinski definition) is 8. The van der Waals surface area contributed by atoms with Crippen molar-refractivity contribution in [3.8, 4) is 17.1 Å². The van der Waals surface area contributed by atoms with E-state index in [-0.39, 0.29) is 29.8 Å². The first-order valence-corrected chi connectivity index (χ1v) is 12.0. The molecule has 1 aromatic carbocycles. The number of halogens is 3. The number of fused-ring (bicyclic) bond motifs is 4. The van der Waals surface area contributed by atoms with E-state index in [9.17, 15) is 23.1 Å². The Morgan fingerprint density at radius 1 is 1.24 bits per heavy atom. The number of aliphatic hydroxyl groups excluding tert-OH is 2. The molecule has 2 aliphatic rings. The largest absolute Gasteiger partial charge is 0.489 e. The van der Waals surface area contributed by atoms with Crippen molar-refractivity contribution in [2.24, 2.45) is 0 Å². The predicted octanol–water partition coefficient (Wildman–Crippen LogP) is 3.31. The summed E-state index contributed by atoms with van der Waals surface area (Å²) >= 11 is 0. The van der Waals surface area contributed by atoms with Crippen molar-refractivity contribution in [2.45, 2.75) is 31.2 Å². The second kappa shape index (κ2) is 10.4. The van der Waals surface area contributed by atoms with Crippen LogP contribution in [0.2, 0.25) is 0 Å². The number of carbonyl (C=O) groups excluding carboxylic acids is 1. The number of aromatic nitrogens is 3. The molecule has 5 rings (SSSR count). The summed E-state index contributed by atoms with van der Waals surface area (Å²) in [6, 6.07) is 5.60. The Labute approximate surface area is 215 Å². The molecule has 4 heterocycles. The predicted molar refractivity (Wildman–Crippen MR) is 132 cm³/mol. The average molecular weight is 531 g/mol. The first kappa shape index (κ1) is 25.7. The average Bonchev–Trinajstić information content (AvgIpc) is 2.91. The van der Waals surface area contributed by atoms with E-state index in [1.165, 1.54) is 35.5 Å². The van der Waals surface area contributed by atoms with Crippen molar-refractivity contribution in [2.75, 3.05) is 41.4 Å². The van der Waals surface area contributed by atoms with Gasteiger partial charge < -0.3 is 25.2 Å². The van der Waals surface area contributed by atoms with Crippen molar-refractivity contribution in [1.29, 1.82) is 0 Å². The molecule has 200 valence electrons. The summed E-state index contributed by atoms with van der Waals surface area (Å²) in [6.07, 6.45) is 0.388. The van der Waals surface area contributed by atoms with Crippen LogP contribution >= 0.6 is 0 Å². The van der Waals surface area contributed by atoms with Crippen LogP contribution in [-0.4, -0.2) is 69.6 Å². The van der Waals surface area contributed by atoms with Crippen LogP contribution in [0, 0.1) is 0 Å². The Morgan fingerprint density at radius 3 is 2.87 bits per heavy atom. The molecule has 1 saturated heterocycles. The number of anilines is 3. The van der Waals surface area contributed by atoms with Gasteiger partial charge in [-0.2, -0.15) is 13.2 Å². The Hall–Kier alpha value is -3.97. The zero-order valence-electron chi connectivity index (χ0n) is 20.1. The van der Waals surface area contributed by atoms with E-state index in [0.717, 1.165) is 31.5 Å². The molecule has 2 atom stereocenters. The summed E-state index contributed by atoms with van der Waals surface area (Å²) in [5.74, 6) is 0.674. The Morgan fingerprint density at radius 2 is 2.08 bits per heavy atom. The number of piperidine rings is 1. The van der Waals surface area contributed by atoms with Gasteiger partial charge in [0.1, 0.15) is 18.5 Å². The first-order valence-electron chi connectivity index (χ1n) is 12.0. The van der Waals surface area contributed by atoms with Gasteiger partial charge in [-0.3, -0.25) is 9.88 Å². The van der Waals surface area contributed by atoms with Crippen LogP contribution in [0.4, 0.5) is 35.2 Å². The third-order valence-electron chi connectivity index (χ3n) is 6.37. The number of hydrogen-bond donors (Lipinski definition) is 3. The summed E-state index contributed by atoms with van der Waals surface area (Å²) in [6.45, 7) is 0.727. The van der Waals surface area contributed by atoms with Crippen molar-refractivity contribution in [3.05, 3.63) is 54.5 Å². The Balaban J connectivity index is 1.44. The van der Waals surface area contributed by atoms with E-state index in [0.29, 0.717) is 23.7 Å². The molecule has 10 nitrogen and oxygen atoms in total. The van der Waals surface area contributed by atoms with E-state index in [4.69, 9.17) is 9.84 Å². The molecule has 0 radical (unpaired) electrons. The summed E-state index contributed by atoms with van der Waals surface area (Å²) in [7, 11) is 0. The number of urea groups is 1. The number of benzene rings is 1. The molecule has 2 amide bonds. The molecule has 1 fully saturated rings. The fourth-order valence-electron chi connectivity index (χ4n) is 4.55. The SMILES string of the molecule is O=C(Nc1cncc(OCC(O)CO)c1)N1c2nc(-c3cccc(C(F)(F)F)c3)ncc2N2CCC[C@H]1C2. The van der Waals surface area contributed by atoms with Crippen molar-refractivity contribution in [3.63, 3.8) is 0 Å². The lowest BCUT2D eigenvalue weighted by Gasteiger charge is -2.45. The maximum Gasteiger partial charge on any atom is 0.416 e. The summed E-state index contributed by atoms with van der Waals surface area (Å²) in [5, 5.41) is 21.2. The van der Waals surface area contributed by atoms with Crippen molar-refractivity contribution < 1.29 is 32.9 Å². The highest BCUT2D eigenvalue weighted by atomic mass is 19.4. The van der Waals surface area contributed by atoms with Gasteiger partial charge in [-0.1, -0.05) is 12.1 Å². The molecule has 0 spiro atoms. The minimum absolute atomic E-state index is 0.0772. The van der Waals surface area contributed by atoms with Crippen LogP contribution in [0.1, 0.15) is 18.4 Å². The van der Waals surface area contributed by atoms with E-state index in [2.05, 4.69) is 25.2 Å². The summed E-state index contributed by atoms with van der Waals surface area (Å²) < 4.78 is 45.2. The van der Waals surface area contributed by atoms with E-state index >= 15 is 0 Å². The first-order chi connectivity index (χ1) is 18.2. The van der Waals surface area contributed by atoms with Gasteiger partial charge in [0.25, 0.3) is 0 Å². The molecule has 3 aromatic rings. The second-order valence-electron chi connectivity index (χ2n) is 9.08. The lowest BCUT2D eigenvalue weighted by Crippen LogP contribution is -2.56. The topological polar surface area (TPSA) is 124 Å². The number of nitrogens with zero attached hydrogens (tertiary/aromatic N) is 5. The molecule has 13 heteroatoms. The molecule has 3 N–H and O–H groups in total. The zero-order chi connectivity index (χ0) is 26.9. The van der Waals surface area contributed by atoms with Crippen LogP contribution in [0.15, 0.2) is 48.9 Å². The molecule has 2 bridgehead atoms. The Bertz CT molecular complexity index is 1320. The maximum atomic E-state index is 13.5. The highest BCUT2D eigenvalue weighted by Gasteiger charge is 2.39. The van der Waals surface area contributed by atoms with E-state index in [1.807, 2.05) is 0 Å². The van der Waals surface area contributed by atoms with Gasteiger partial charge >= 0.3 is 12.2 Å². The van der Waals surface area contributed by atoms with Crippen LogP contribution in [0.5, 0.6) is 5.75 Å². The quantitative estimate of drug-likeness (QED) is 0.444. The van der Waals surface area contributed by atoms with Crippen molar-refractivity contribution >= 4 is 23.2 Å². The highest BCUT2D eigenvalue weighted by Crippen LogP contribution is 2.39. The van der Waals surface area contributed by atoms with Crippen molar-refractivity contribution in [1.82, 2.24) is 15.0 Å². The lowest BCUT2D eigenvalue weighted by molar-refractivity contribution is -0.137. The van der Waals surface area contributed by atoms with E-state index < -0.39 is 30.5 Å². The second-order valence-corrected chi connectivity index (χ2v) is 9.08. The number of carbonyl (C=O) groups is 1. The van der Waals surface area contributed by atoms with Gasteiger partial charge in [-0.15, -0.1) is 0 Å². The van der Waals surface area contributed by atoms with E-state index in [1.54, 1.807) is 6.20 Å². The lowest BCUT2D eigenvalue weighted by atomic mass is 10.0. The summed E-state index contributed by atoms with van der Waals surface area (Å²) in [4.78, 5) is 30.1. The van der Waals surface area contributed by atoms with Gasteiger partial charge in [-0.05, 0) is 25.0 Å². The summed E-state index contributed by atoms with van der Waals surface area (Å²) in [5.41, 5.74) is 0.332. The molecule has 2 aliphatic heterocycles. The smallest absolute Gasteiger partial charge is 0.416 e. The number of amides is 2. The normalized spacial score (nSPS) is 17.6. The fraction of sp³-hybridized carbons (Fsp3) is 0.360. The van der Waals surface area contributed by atoms with Crippen LogP contribution < -0.4 is 19.9 Å². The van der Waals surface area contributed by atoms with Crippen LogP contribution in [0.3, 0.4) is 0 Å². The van der Waals surface area contributed by atoms with Gasteiger partial charge in [0.15, 0.2) is 11.6 Å². The van der Waals surface area contributed by atoms with Gasteiger partial charge in [0, 0.05) is 24.7 Å². The molecule has 1 unspecified atom stereocenters. The number of alkyl halides is 3. The molecule has 0 aliphatic carbocycles. The molecule has 38 heavy (non-hydrogen) atoms. The number of nitrogens with one attached hydrogen (secondary N) is 1. The minimum Gasteiger partial charge on any atom is -0.489 e.